The number of carboxylic acids is 1. The third-order valence-electron chi connectivity index (χ3n) is 3.78. The molecule has 19 heavy (non-hydrogen) atoms. The first kappa shape index (κ1) is 13.0. The van der Waals surface area contributed by atoms with Crippen LogP contribution in [0.15, 0.2) is 29.2 Å². The molecule has 2 aliphatic heterocycles. The van der Waals surface area contributed by atoms with Crippen LogP contribution in [-0.2, 0) is 9.53 Å². The second kappa shape index (κ2) is 5.53. The van der Waals surface area contributed by atoms with Crippen molar-refractivity contribution in [1.29, 1.82) is 0 Å². The highest BCUT2D eigenvalue weighted by atomic mass is 32.2. The van der Waals surface area contributed by atoms with Crippen molar-refractivity contribution in [3.8, 4) is 0 Å². The van der Waals surface area contributed by atoms with E-state index >= 15 is 0 Å². The summed E-state index contributed by atoms with van der Waals surface area (Å²) in [5.74, 6) is 0.697. The maximum Gasteiger partial charge on any atom is 0.323 e. The molecule has 0 aromatic heterocycles. The Kier molecular flexibility index (Phi) is 3.77. The number of morpholine rings is 1. The summed E-state index contributed by atoms with van der Waals surface area (Å²) in [6, 6.07) is 7.94. The normalized spacial score (nSPS) is 27.2. The van der Waals surface area contributed by atoms with Crippen molar-refractivity contribution in [3.05, 3.63) is 29.8 Å². The quantitative estimate of drug-likeness (QED) is 0.912. The smallest absolute Gasteiger partial charge is 0.323 e. The van der Waals surface area contributed by atoms with Crippen LogP contribution in [0, 0.1) is 0 Å². The summed E-state index contributed by atoms with van der Waals surface area (Å²) >= 11 is 1.87. The number of rotatable bonds is 3. The van der Waals surface area contributed by atoms with E-state index in [4.69, 9.17) is 4.74 Å². The minimum atomic E-state index is -0.779. The van der Waals surface area contributed by atoms with Crippen LogP contribution < -0.4 is 0 Å². The molecule has 0 saturated carbocycles. The minimum absolute atomic E-state index is 0.302. The Bertz CT molecular complexity index is 480. The predicted molar refractivity (Wildman–Crippen MR) is 73.7 cm³/mol. The third-order valence-corrected chi connectivity index (χ3v) is 5.03. The molecule has 0 radical (unpaired) electrons. The molecule has 2 atom stereocenters. The van der Waals surface area contributed by atoms with Crippen LogP contribution in [-0.4, -0.2) is 54.1 Å². The fraction of sp³-hybridized carbons (Fsp3) is 0.500. The molecule has 2 aliphatic rings. The SMILES string of the molecule is O=C(O)C1COCCN1CC1CSc2ccccc21. The van der Waals surface area contributed by atoms with Gasteiger partial charge in [0.1, 0.15) is 6.04 Å². The number of benzene rings is 1. The molecule has 2 heterocycles. The Morgan fingerprint density at radius 3 is 3.16 bits per heavy atom. The first-order valence-electron chi connectivity index (χ1n) is 6.52. The molecule has 0 amide bonds. The number of hydrogen-bond acceptors (Lipinski definition) is 4. The van der Waals surface area contributed by atoms with E-state index in [9.17, 15) is 9.90 Å². The van der Waals surface area contributed by atoms with E-state index in [0.29, 0.717) is 25.7 Å². The lowest BCUT2D eigenvalue weighted by Gasteiger charge is -2.34. The highest BCUT2D eigenvalue weighted by Gasteiger charge is 2.33. The molecule has 102 valence electrons. The Morgan fingerprint density at radius 1 is 1.47 bits per heavy atom. The van der Waals surface area contributed by atoms with E-state index in [1.807, 2.05) is 11.8 Å². The molecule has 0 bridgehead atoms. The van der Waals surface area contributed by atoms with Crippen molar-refractivity contribution in [3.63, 3.8) is 0 Å². The molecule has 1 aromatic rings. The van der Waals surface area contributed by atoms with E-state index in [1.54, 1.807) is 0 Å². The summed E-state index contributed by atoms with van der Waals surface area (Å²) in [6.07, 6.45) is 0. The van der Waals surface area contributed by atoms with Crippen molar-refractivity contribution < 1.29 is 14.6 Å². The van der Waals surface area contributed by atoms with Crippen LogP contribution in [0.3, 0.4) is 0 Å². The number of aliphatic carboxylic acids is 1. The van der Waals surface area contributed by atoms with Gasteiger partial charge in [0.05, 0.1) is 13.2 Å². The van der Waals surface area contributed by atoms with Gasteiger partial charge >= 0.3 is 5.97 Å². The number of fused-ring (bicyclic) bond motifs is 1. The number of carbonyl (C=O) groups is 1. The molecule has 0 spiro atoms. The largest absolute Gasteiger partial charge is 0.480 e. The lowest BCUT2D eigenvalue weighted by atomic mass is 10.00. The molecular weight excluding hydrogens is 262 g/mol. The average molecular weight is 279 g/mol. The first-order valence-corrected chi connectivity index (χ1v) is 7.50. The van der Waals surface area contributed by atoms with Crippen molar-refractivity contribution >= 4 is 17.7 Å². The number of thioether (sulfide) groups is 1. The van der Waals surface area contributed by atoms with Gasteiger partial charge in [-0.2, -0.15) is 0 Å². The van der Waals surface area contributed by atoms with Crippen molar-refractivity contribution in [2.24, 2.45) is 0 Å². The van der Waals surface area contributed by atoms with E-state index < -0.39 is 12.0 Å². The molecule has 5 heteroatoms. The van der Waals surface area contributed by atoms with Gasteiger partial charge in [-0.05, 0) is 11.6 Å². The molecule has 0 aliphatic carbocycles. The van der Waals surface area contributed by atoms with E-state index in [-0.39, 0.29) is 0 Å². The van der Waals surface area contributed by atoms with Crippen LogP contribution in [0.5, 0.6) is 0 Å². The summed E-state index contributed by atoms with van der Waals surface area (Å²) in [5.41, 5.74) is 1.36. The summed E-state index contributed by atoms with van der Waals surface area (Å²) in [4.78, 5) is 14.7. The van der Waals surface area contributed by atoms with Crippen molar-refractivity contribution in [2.45, 2.75) is 16.9 Å². The zero-order chi connectivity index (χ0) is 13.2. The van der Waals surface area contributed by atoms with Gasteiger partial charge in [-0.25, -0.2) is 0 Å². The number of ether oxygens (including phenoxy) is 1. The lowest BCUT2D eigenvalue weighted by molar-refractivity contribution is -0.149. The molecule has 1 aromatic carbocycles. The summed E-state index contributed by atoms with van der Waals surface area (Å²) < 4.78 is 5.28. The van der Waals surface area contributed by atoms with Crippen molar-refractivity contribution in [2.75, 3.05) is 32.1 Å². The molecule has 1 saturated heterocycles. The highest BCUT2D eigenvalue weighted by molar-refractivity contribution is 7.99. The Morgan fingerprint density at radius 2 is 2.32 bits per heavy atom. The van der Waals surface area contributed by atoms with Gasteiger partial charge in [-0.1, -0.05) is 18.2 Å². The maximum absolute atomic E-state index is 11.3. The standard InChI is InChI=1S/C14H17NO3S/c16-14(17)12-8-18-6-5-15(12)7-10-9-19-13-4-2-1-3-11(10)13/h1-4,10,12H,5-9H2,(H,16,17). The van der Waals surface area contributed by atoms with Gasteiger partial charge in [-0.15, -0.1) is 11.8 Å². The number of carboxylic acid groups (broad SMARTS) is 1. The molecule has 1 N–H and O–H groups in total. The van der Waals surface area contributed by atoms with Gasteiger partial charge in [0.15, 0.2) is 0 Å². The fourth-order valence-electron chi connectivity index (χ4n) is 2.75. The first-order chi connectivity index (χ1) is 9.25. The average Bonchev–Trinajstić information content (AvgIpc) is 2.83. The number of nitrogens with zero attached hydrogens (tertiary/aromatic N) is 1. The van der Waals surface area contributed by atoms with E-state index in [0.717, 1.165) is 12.3 Å². The molecule has 2 unspecified atom stereocenters. The fourth-order valence-corrected chi connectivity index (χ4v) is 3.99. The summed E-state index contributed by atoms with van der Waals surface area (Å²) in [7, 11) is 0. The summed E-state index contributed by atoms with van der Waals surface area (Å²) in [5, 5.41) is 9.25. The van der Waals surface area contributed by atoms with Gasteiger partial charge in [0.2, 0.25) is 0 Å². The lowest BCUT2D eigenvalue weighted by Crippen LogP contribution is -2.51. The van der Waals surface area contributed by atoms with Gasteiger partial charge in [0, 0.05) is 29.7 Å². The predicted octanol–water partition coefficient (Wildman–Crippen LogP) is 1.66. The zero-order valence-corrected chi connectivity index (χ0v) is 11.4. The Labute approximate surface area is 116 Å². The zero-order valence-electron chi connectivity index (χ0n) is 10.6. The van der Waals surface area contributed by atoms with Crippen LogP contribution in [0.25, 0.3) is 0 Å². The molecule has 4 nitrogen and oxygen atoms in total. The highest BCUT2D eigenvalue weighted by Crippen LogP contribution is 2.39. The van der Waals surface area contributed by atoms with E-state index in [2.05, 4.69) is 29.2 Å². The minimum Gasteiger partial charge on any atom is -0.480 e. The van der Waals surface area contributed by atoms with Crippen LogP contribution >= 0.6 is 11.8 Å². The van der Waals surface area contributed by atoms with Crippen LogP contribution in [0.4, 0.5) is 0 Å². The summed E-state index contributed by atoms with van der Waals surface area (Å²) in [6.45, 7) is 2.45. The van der Waals surface area contributed by atoms with Gasteiger partial charge < -0.3 is 9.84 Å². The Hall–Kier alpha value is -1.04. The third kappa shape index (κ3) is 2.63. The van der Waals surface area contributed by atoms with E-state index in [1.165, 1.54) is 10.5 Å². The monoisotopic (exact) mass is 279 g/mol. The van der Waals surface area contributed by atoms with Crippen LogP contribution in [0.1, 0.15) is 11.5 Å². The Balaban J connectivity index is 1.73. The second-order valence-electron chi connectivity index (χ2n) is 4.97. The van der Waals surface area contributed by atoms with Gasteiger partial charge in [0.25, 0.3) is 0 Å². The topological polar surface area (TPSA) is 49.8 Å². The number of hydrogen-bond donors (Lipinski definition) is 1. The van der Waals surface area contributed by atoms with Gasteiger partial charge in [-0.3, -0.25) is 9.69 Å². The molecule has 3 rings (SSSR count). The second-order valence-corrected chi connectivity index (χ2v) is 6.03. The molecular formula is C14H17NO3S. The maximum atomic E-state index is 11.3. The van der Waals surface area contributed by atoms with Crippen molar-refractivity contribution in [1.82, 2.24) is 4.90 Å². The molecule has 1 fully saturated rings. The van der Waals surface area contributed by atoms with Crippen LogP contribution in [0.2, 0.25) is 0 Å².